The Morgan fingerprint density at radius 3 is 2.76 bits per heavy atom. The average molecular weight is 409 g/mol. The highest BCUT2D eigenvalue weighted by Crippen LogP contribution is 2.24. The van der Waals surface area contributed by atoms with Crippen molar-refractivity contribution in [3.05, 3.63) is 46.1 Å². The number of halogens is 1. The highest BCUT2D eigenvalue weighted by atomic mass is 79.9. The van der Waals surface area contributed by atoms with Crippen LogP contribution in [0.3, 0.4) is 0 Å². The first-order valence-electron chi connectivity index (χ1n) is 7.35. The number of hydrogen-bond donors (Lipinski definition) is 1. The van der Waals surface area contributed by atoms with Crippen LogP contribution in [0.5, 0.6) is 5.75 Å². The summed E-state index contributed by atoms with van der Waals surface area (Å²) in [7, 11) is 1.54. The van der Waals surface area contributed by atoms with Crippen LogP contribution in [-0.4, -0.2) is 30.2 Å². The molecular weight excluding hydrogens is 392 g/mol. The number of hydrogen-bond acceptors (Lipinski definition) is 6. The smallest absolute Gasteiger partial charge is 0.331 e. The molecule has 132 valence electrons. The number of ether oxygens (including phenoxy) is 2. The molecule has 2 rings (SSSR count). The molecule has 1 atom stereocenters. The number of aromatic nitrogens is 1. The molecule has 8 heteroatoms. The first-order valence-corrected chi connectivity index (χ1v) is 8.14. The van der Waals surface area contributed by atoms with Crippen LogP contribution in [0, 0.1) is 6.92 Å². The van der Waals surface area contributed by atoms with Crippen molar-refractivity contribution in [2.75, 3.05) is 12.4 Å². The number of nitrogens with zero attached hydrogens (tertiary/aromatic N) is 1. The molecule has 0 fully saturated rings. The number of anilines is 1. The number of benzene rings is 1. The van der Waals surface area contributed by atoms with Gasteiger partial charge in [-0.2, -0.15) is 0 Å². The highest BCUT2D eigenvalue weighted by Gasteiger charge is 2.18. The summed E-state index contributed by atoms with van der Waals surface area (Å²) in [5.41, 5.74) is 0.698. The lowest BCUT2D eigenvalue weighted by Crippen LogP contribution is -2.29. The maximum Gasteiger partial charge on any atom is 0.331 e. The Labute approximate surface area is 153 Å². The fraction of sp³-hybridized carbons (Fsp3) is 0.235. The van der Waals surface area contributed by atoms with E-state index in [-0.39, 0.29) is 5.82 Å². The summed E-state index contributed by atoms with van der Waals surface area (Å²) in [6.07, 6.45) is 1.80. The number of amides is 1. The van der Waals surface area contributed by atoms with Gasteiger partial charge in [-0.15, -0.1) is 0 Å². The van der Waals surface area contributed by atoms with Crippen molar-refractivity contribution in [2.24, 2.45) is 0 Å². The van der Waals surface area contributed by atoms with Crippen molar-refractivity contribution in [3.8, 4) is 5.75 Å². The Morgan fingerprint density at radius 2 is 2.12 bits per heavy atom. The van der Waals surface area contributed by atoms with Crippen LogP contribution in [0.2, 0.25) is 0 Å². The lowest BCUT2D eigenvalue weighted by Gasteiger charge is -2.10. The monoisotopic (exact) mass is 408 g/mol. The molecule has 0 aliphatic heterocycles. The standard InChI is InChI=1S/C17H17BrN2O5/c1-10-8-15(20-25-10)19-17(22)11(2)24-16(21)7-4-12-9-13(18)5-6-14(12)23-3/h4-9,11H,1-3H3,(H,19,20,22)/b7-4+/t11-/m0/s1. The lowest BCUT2D eigenvalue weighted by molar-refractivity contribution is -0.148. The third kappa shape index (κ3) is 5.46. The Bertz CT molecular complexity index is 800. The normalized spacial score (nSPS) is 12.0. The minimum atomic E-state index is -0.987. The van der Waals surface area contributed by atoms with Crippen molar-refractivity contribution in [3.63, 3.8) is 0 Å². The zero-order valence-electron chi connectivity index (χ0n) is 13.9. The summed E-state index contributed by atoms with van der Waals surface area (Å²) < 4.78 is 16.0. The molecule has 7 nitrogen and oxygen atoms in total. The summed E-state index contributed by atoms with van der Waals surface area (Å²) >= 11 is 3.35. The van der Waals surface area contributed by atoms with E-state index in [4.69, 9.17) is 14.0 Å². The number of carbonyl (C=O) groups excluding carboxylic acids is 2. The Morgan fingerprint density at radius 1 is 1.36 bits per heavy atom. The van der Waals surface area contributed by atoms with E-state index in [0.29, 0.717) is 17.1 Å². The van der Waals surface area contributed by atoms with Crippen molar-refractivity contribution in [1.82, 2.24) is 5.16 Å². The van der Waals surface area contributed by atoms with Crippen LogP contribution in [-0.2, 0) is 14.3 Å². The quantitative estimate of drug-likeness (QED) is 0.582. The molecule has 1 aromatic heterocycles. The Balaban J connectivity index is 1.95. The summed E-state index contributed by atoms with van der Waals surface area (Å²) in [5.74, 6) is 0.279. The third-order valence-electron chi connectivity index (χ3n) is 3.13. The van der Waals surface area contributed by atoms with E-state index >= 15 is 0 Å². The molecule has 1 N–H and O–H groups in total. The highest BCUT2D eigenvalue weighted by molar-refractivity contribution is 9.10. The summed E-state index contributed by atoms with van der Waals surface area (Å²) in [6.45, 7) is 3.17. The Kier molecular flexibility index (Phi) is 6.35. The van der Waals surface area contributed by atoms with Gasteiger partial charge < -0.3 is 19.3 Å². The van der Waals surface area contributed by atoms with Crippen LogP contribution < -0.4 is 10.1 Å². The molecule has 0 saturated carbocycles. The van der Waals surface area contributed by atoms with Crippen LogP contribution in [0.15, 0.2) is 39.3 Å². The second-order valence-electron chi connectivity index (χ2n) is 5.11. The number of nitrogens with one attached hydrogen (secondary N) is 1. The molecule has 1 heterocycles. The molecular formula is C17H17BrN2O5. The predicted molar refractivity (Wildman–Crippen MR) is 95.2 cm³/mol. The first-order chi connectivity index (χ1) is 11.9. The molecule has 25 heavy (non-hydrogen) atoms. The molecule has 0 saturated heterocycles. The van der Waals surface area contributed by atoms with Gasteiger partial charge in [0.05, 0.1) is 7.11 Å². The molecule has 0 unspecified atom stereocenters. The van der Waals surface area contributed by atoms with Crippen molar-refractivity contribution in [2.45, 2.75) is 20.0 Å². The van der Waals surface area contributed by atoms with Crippen molar-refractivity contribution >= 4 is 39.7 Å². The number of esters is 1. The van der Waals surface area contributed by atoms with E-state index in [2.05, 4.69) is 26.4 Å². The second kappa shape index (κ2) is 8.48. The van der Waals surface area contributed by atoms with Crippen LogP contribution in [0.25, 0.3) is 6.08 Å². The maximum atomic E-state index is 12.0. The van der Waals surface area contributed by atoms with Gasteiger partial charge in [-0.3, -0.25) is 4.79 Å². The SMILES string of the molecule is COc1ccc(Br)cc1/C=C/C(=O)O[C@@H](C)C(=O)Nc1cc(C)on1. The molecule has 0 aliphatic rings. The van der Waals surface area contributed by atoms with Gasteiger partial charge in [0.15, 0.2) is 11.9 Å². The van der Waals surface area contributed by atoms with Gasteiger partial charge in [0, 0.05) is 22.2 Å². The summed E-state index contributed by atoms with van der Waals surface area (Å²) in [4.78, 5) is 23.9. The van der Waals surface area contributed by atoms with E-state index in [9.17, 15) is 9.59 Å². The molecule has 2 aromatic rings. The zero-order chi connectivity index (χ0) is 18.4. The fourth-order valence-electron chi connectivity index (χ4n) is 1.91. The summed E-state index contributed by atoms with van der Waals surface area (Å²) in [6, 6.07) is 6.95. The van der Waals surface area contributed by atoms with E-state index < -0.39 is 18.0 Å². The van der Waals surface area contributed by atoms with Gasteiger partial charge in [-0.25, -0.2) is 4.79 Å². The van der Waals surface area contributed by atoms with Gasteiger partial charge in [-0.1, -0.05) is 21.1 Å². The molecule has 0 aliphatic carbocycles. The summed E-state index contributed by atoms with van der Waals surface area (Å²) in [5, 5.41) is 6.14. The Hall–Kier alpha value is -2.61. The largest absolute Gasteiger partial charge is 0.496 e. The molecule has 0 bridgehead atoms. The van der Waals surface area contributed by atoms with E-state index in [0.717, 1.165) is 4.47 Å². The molecule has 1 amide bonds. The minimum Gasteiger partial charge on any atom is -0.496 e. The van der Waals surface area contributed by atoms with E-state index in [1.165, 1.54) is 20.1 Å². The van der Waals surface area contributed by atoms with Crippen LogP contribution >= 0.6 is 15.9 Å². The number of methoxy groups -OCH3 is 1. The number of rotatable bonds is 6. The van der Waals surface area contributed by atoms with E-state index in [1.807, 2.05) is 6.07 Å². The lowest BCUT2D eigenvalue weighted by atomic mass is 10.2. The number of aryl methyl sites for hydroxylation is 1. The molecule has 1 aromatic carbocycles. The fourth-order valence-corrected chi connectivity index (χ4v) is 2.29. The van der Waals surface area contributed by atoms with Gasteiger partial charge in [0.25, 0.3) is 5.91 Å². The zero-order valence-corrected chi connectivity index (χ0v) is 15.5. The van der Waals surface area contributed by atoms with Crippen LogP contribution in [0.4, 0.5) is 5.82 Å². The van der Waals surface area contributed by atoms with E-state index in [1.54, 1.807) is 31.2 Å². The minimum absolute atomic E-state index is 0.264. The third-order valence-corrected chi connectivity index (χ3v) is 3.63. The second-order valence-corrected chi connectivity index (χ2v) is 6.03. The van der Waals surface area contributed by atoms with Gasteiger partial charge in [0.1, 0.15) is 11.5 Å². The van der Waals surface area contributed by atoms with Crippen LogP contribution in [0.1, 0.15) is 18.2 Å². The predicted octanol–water partition coefficient (Wildman–Crippen LogP) is 3.34. The number of carbonyl (C=O) groups is 2. The van der Waals surface area contributed by atoms with Gasteiger partial charge >= 0.3 is 5.97 Å². The maximum absolute atomic E-state index is 12.0. The molecule has 0 radical (unpaired) electrons. The molecule has 0 spiro atoms. The topological polar surface area (TPSA) is 90.7 Å². The van der Waals surface area contributed by atoms with Crippen molar-refractivity contribution < 1.29 is 23.6 Å². The van der Waals surface area contributed by atoms with Gasteiger partial charge in [0.2, 0.25) is 0 Å². The van der Waals surface area contributed by atoms with Gasteiger partial charge in [-0.05, 0) is 38.1 Å². The van der Waals surface area contributed by atoms with Crippen molar-refractivity contribution in [1.29, 1.82) is 0 Å². The first kappa shape index (κ1) is 18.7. The average Bonchev–Trinajstić information content (AvgIpc) is 2.97.